The average Bonchev–Trinajstić information content (AvgIpc) is 2.39. The minimum absolute atomic E-state index is 0.0384. The first-order chi connectivity index (χ1) is 9.20. The molecule has 1 aromatic rings. The first kappa shape index (κ1) is 13.9. The van der Waals surface area contributed by atoms with Gasteiger partial charge in [-0.2, -0.15) is 0 Å². The SMILES string of the molecule is CCOC(=O)[C@H]1CCNCC1Cc1cccc(O)c1. The summed E-state index contributed by atoms with van der Waals surface area (Å²) < 4.78 is 5.16. The summed E-state index contributed by atoms with van der Waals surface area (Å²) in [7, 11) is 0. The van der Waals surface area contributed by atoms with Crippen molar-refractivity contribution in [2.75, 3.05) is 19.7 Å². The van der Waals surface area contributed by atoms with Gasteiger partial charge in [0.05, 0.1) is 12.5 Å². The maximum atomic E-state index is 12.0. The molecule has 1 unspecified atom stereocenters. The van der Waals surface area contributed by atoms with E-state index < -0.39 is 0 Å². The van der Waals surface area contributed by atoms with Gasteiger partial charge in [-0.3, -0.25) is 4.79 Å². The number of phenols is 1. The third-order valence-electron chi connectivity index (χ3n) is 3.61. The summed E-state index contributed by atoms with van der Waals surface area (Å²) in [5.74, 6) is 0.376. The van der Waals surface area contributed by atoms with Crippen LogP contribution in [0.3, 0.4) is 0 Å². The van der Waals surface area contributed by atoms with Gasteiger partial charge in [0, 0.05) is 0 Å². The van der Waals surface area contributed by atoms with Crippen molar-refractivity contribution in [3.05, 3.63) is 29.8 Å². The first-order valence-corrected chi connectivity index (χ1v) is 6.86. The van der Waals surface area contributed by atoms with Gasteiger partial charge in [-0.25, -0.2) is 0 Å². The quantitative estimate of drug-likeness (QED) is 0.812. The lowest BCUT2D eigenvalue weighted by Gasteiger charge is -2.30. The van der Waals surface area contributed by atoms with E-state index in [0.717, 1.165) is 31.5 Å². The monoisotopic (exact) mass is 263 g/mol. The van der Waals surface area contributed by atoms with Gasteiger partial charge in [-0.05, 0) is 56.5 Å². The normalized spacial score (nSPS) is 23.0. The van der Waals surface area contributed by atoms with Crippen LogP contribution in [0.4, 0.5) is 0 Å². The zero-order chi connectivity index (χ0) is 13.7. The zero-order valence-corrected chi connectivity index (χ0v) is 11.3. The number of rotatable bonds is 4. The molecule has 0 spiro atoms. The van der Waals surface area contributed by atoms with Crippen LogP contribution in [-0.4, -0.2) is 30.8 Å². The molecular weight excluding hydrogens is 242 g/mol. The Hall–Kier alpha value is -1.55. The fourth-order valence-electron chi connectivity index (χ4n) is 2.68. The van der Waals surface area contributed by atoms with Crippen molar-refractivity contribution >= 4 is 5.97 Å². The Morgan fingerprint density at radius 1 is 1.53 bits per heavy atom. The number of nitrogens with one attached hydrogen (secondary N) is 1. The Labute approximate surface area is 113 Å². The van der Waals surface area contributed by atoms with Crippen molar-refractivity contribution in [1.82, 2.24) is 5.32 Å². The molecule has 19 heavy (non-hydrogen) atoms. The number of hydrogen-bond acceptors (Lipinski definition) is 4. The van der Waals surface area contributed by atoms with Crippen molar-refractivity contribution in [3.8, 4) is 5.75 Å². The summed E-state index contributed by atoms with van der Waals surface area (Å²) in [6.45, 7) is 3.95. The second-order valence-electron chi connectivity index (χ2n) is 4.99. The van der Waals surface area contributed by atoms with E-state index in [4.69, 9.17) is 4.74 Å². The van der Waals surface area contributed by atoms with E-state index in [0.29, 0.717) is 6.61 Å². The van der Waals surface area contributed by atoms with Crippen LogP contribution in [0.25, 0.3) is 0 Å². The minimum atomic E-state index is -0.0887. The number of esters is 1. The molecule has 4 nitrogen and oxygen atoms in total. The van der Waals surface area contributed by atoms with Gasteiger partial charge in [0.25, 0.3) is 0 Å². The number of aromatic hydroxyl groups is 1. The molecule has 1 aliphatic heterocycles. The fraction of sp³-hybridized carbons (Fsp3) is 0.533. The average molecular weight is 263 g/mol. The van der Waals surface area contributed by atoms with Gasteiger partial charge in [-0.15, -0.1) is 0 Å². The second-order valence-corrected chi connectivity index (χ2v) is 4.99. The summed E-state index contributed by atoms with van der Waals surface area (Å²) in [6, 6.07) is 7.24. The van der Waals surface area contributed by atoms with Gasteiger partial charge in [0.2, 0.25) is 0 Å². The van der Waals surface area contributed by atoms with E-state index in [1.807, 2.05) is 19.1 Å². The highest BCUT2D eigenvalue weighted by atomic mass is 16.5. The highest BCUT2D eigenvalue weighted by Crippen LogP contribution is 2.25. The van der Waals surface area contributed by atoms with E-state index in [2.05, 4.69) is 5.32 Å². The Morgan fingerprint density at radius 3 is 3.11 bits per heavy atom. The lowest BCUT2D eigenvalue weighted by atomic mass is 9.82. The van der Waals surface area contributed by atoms with E-state index in [-0.39, 0.29) is 23.6 Å². The van der Waals surface area contributed by atoms with E-state index in [1.165, 1.54) is 0 Å². The number of piperidine rings is 1. The number of phenolic OH excluding ortho intramolecular Hbond substituents is 1. The van der Waals surface area contributed by atoms with Crippen molar-refractivity contribution in [2.45, 2.75) is 19.8 Å². The lowest BCUT2D eigenvalue weighted by molar-refractivity contribution is -0.150. The maximum absolute atomic E-state index is 12.0. The number of carbonyl (C=O) groups excluding carboxylic acids is 1. The lowest BCUT2D eigenvalue weighted by Crippen LogP contribution is -2.41. The Morgan fingerprint density at radius 2 is 2.37 bits per heavy atom. The number of hydrogen-bond donors (Lipinski definition) is 2. The molecule has 0 saturated carbocycles. The zero-order valence-electron chi connectivity index (χ0n) is 11.3. The molecule has 4 heteroatoms. The molecule has 0 radical (unpaired) electrons. The second kappa shape index (κ2) is 6.57. The smallest absolute Gasteiger partial charge is 0.309 e. The van der Waals surface area contributed by atoms with Gasteiger partial charge < -0.3 is 15.2 Å². The van der Waals surface area contributed by atoms with Crippen LogP contribution in [0.15, 0.2) is 24.3 Å². The summed E-state index contributed by atoms with van der Waals surface area (Å²) in [5, 5.41) is 12.8. The standard InChI is InChI=1S/C15H21NO3/c1-2-19-15(18)14-6-7-16-10-12(14)8-11-4-3-5-13(17)9-11/h3-5,9,12,14,16-17H,2,6-8,10H2,1H3/t12?,14-/m0/s1. The van der Waals surface area contributed by atoms with Crippen LogP contribution in [-0.2, 0) is 16.0 Å². The Kier molecular flexibility index (Phi) is 4.80. The molecular formula is C15H21NO3. The molecule has 0 amide bonds. The highest BCUT2D eigenvalue weighted by molar-refractivity contribution is 5.73. The number of carbonyl (C=O) groups is 1. The molecule has 0 bridgehead atoms. The van der Waals surface area contributed by atoms with Crippen LogP contribution in [0.1, 0.15) is 18.9 Å². The fourth-order valence-corrected chi connectivity index (χ4v) is 2.68. The van der Waals surface area contributed by atoms with Crippen LogP contribution < -0.4 is 5.32 Å². The van der Waals surface area contributed by atoms with Crippen LogP contribution in [0.5, 0.6) is 5.75 Å². The minimum Gasteiger partial charge on any atom is -0.508 e. The third kappa shape index (κ3) is 3.70. The molecule has 2 atom stereocenters. The van der Waals surface area contributed by atoms with Crippen LogP contribution in [0, 0.1) is 11.8 Å². The van der Waals surface area contributed by atoms with Crippen molar-refractivity contribution < 1.29 is 14.6 Å². The van der Waals surface area contributed by atoms with Gasteiger partial charge in [-0.1, -0.05) is 12.1 Å². The number of ether oxygens (including phenoxy) is 1. The maximum Gasteiger partial charge on any atom is 0.309 e. The van der Waals surface area contributed by atoms with Crippen molar-refractivity contribution in [2.24, 2.45) is 11.8 Å². The van der Waals surface area contributed by atoms with E-state index >= 15 is 0 Å². The molecule has 0 aliphatic carbocycles. The van der Waals surface area contributed by atoms with Gasteiger partial charge in [0.15, 0.2) is 0 Å². The number of benzene rings is 1. The molecule has 2 rings (SSSR count). The molecule has 2 N–H and O–H groups in total. The first-order valence-electron chi connectivity index (χ1n) is 6.86. The van der Waals surface area contributed by atoms with Gasteiger partial charge in [0.1, 0.15) is 5.75 Å². The third-order valence-corrected chi connectivity index (χ3v) is 3.61. The Bertz CT molecular complexity index is 433. The van der Waals surface area contributed by atoms with E-state index in [1.54, 1.807) is 12.1 Å². The largest absolute Gasteiger partial charge is 0.508 e. The predicted molar refractivity (Wildman–Crippen MR) is 72.9 cm³/mol. The van der Waals surface area contributed by atoms with Crippen LogP contribution >= 0.6 is 0 Å². The highest BCUT2D eigenvalue weighted by Gasteiger charge is 2.31. The molecule has 1 saturated heterocycles. The summed E-state index contributed by atoms with van der Waals surface area (Å²) in [6.07, 6.45) is 1.60. The topological polar surface area (TPSA) is 58.6 Å². The summed E-state index contributed by atoms with van der Waals surface area (Å²) in [5.41, 5.74) is 1.06. The molecule has 0 aromatic heterocycles. The van der Waals surface area contributed by atoms with Crippen molar-refractivity contribution in [1.29, 1.82) is 0 Å². The predicted octanol–water partition coefficient (Wildman–Crippen LogP) is 1.72. The van der Waals surface area contributed by atoms with E-state index in [9.17, 15) is 9.90 Å². The molecule has 1 fully saturated rings. The van der Waals surface area contributed by atoms with Crippen LogP contribution in [0.2, 0.25) is 0 Å². The Balaban J connectivity index is 2.05. The van der Waals surface area contributed by atoms with Gasteiger partial charge >= 0.3 is 5.97 Å². The van der Waals surface area contributed by atoms with Crippen molar-refractivity contribution in [3.63, 3.8) is 0 Å². The molecule has 1 heterocycles. The molecule has 1 aromatic carbocycles. The molecule has 104 valence electrons. The summed E-state index contributed by atoms with van der Waals surface area (Å²) in [4.78, 5) is 12.0. The molecule has 1 aliphatic rings. The summed E-state index contributed by atoms with van der Waals surface area (Å²) >= 11 is 0.